The van der Waals surface area contributed by atoms with Crippen LogP contribution in [0.15, 0.2) is 66.7 Å². The molecule has 0 radical (unpaired) electrons. The lowest BCUT2D eigenvalue weighted by atomic mass is 9.78. The maximum absolute atomic E-state index is 12.8. The van der Waals surface area contributed by atoms with Crippen LogP contribution in [0.5, 0.6) is 0 Å². The third-order valence-corrected chi connectivity index (χ3v) is 5.63. The van der Waals surface area contributed by atoms with E-state index in [2.05, 4.69) is 5.32 Å². The van der Waals surface area contributed by atoms with Gasteiger partial charge in [-0.3, -0.25) is 19.3 Å². The second kappa shape index (κ2) is 8.55. The van der Waals surface area contributed by atoms with Gasteiger partial charge in [0.2, 0.25) is 11.8 Å². The number of esters is 1. The number of hydrogen-bond acceptors (Lipinski definition) is 5. The Morgan fingerprint density at radius 3 is 2.42 bits per heavy atom. The summed E-state index contributed by atoms with van der Waals surface area (Å²) in [6, 6.07) is 14.9. The first-order chi connectivity index (χ1) is 15.0. The monoisotopic (exact) mass is 418 g/mol. The predicted molar refractivity (Wildman–Crippen MR) is 114 cm³/mol. The maximum atomic E-state index is 12.8. The minimum Gasteiger partial charge on any atom is -0.452 e. The molecule has 31 heavy (non-hydrogen) atoms. The van der Waals surface area contributed by atoms with E-state index >= 15 is 0 Å². The Hall–Kier alpha value is -3.74. The van der Waals surface area contributed by atoms with Crippen molar-refractivity contribution in [2.24, 2.45) is 17.8 Å². The summed E-state index contributed by atoms with van der Waals surface area (Å²) in [4.78, 5) is 51.0. The van der Waals surface area contributed by atoms with Crippen LogP contribution >= 0.6 is 0 Å². The minimum atomic E-state index is -0.666. The molecule has 3 amide bonds. The summed E-state index contributed by atoms with van der Waals surface area (Å²) in [5.74, 6) is -2.20. The first-order valence-electron chi connectivity index (χ1n) is 10.1. The number of benzene rings is 2. The Balaban J connectivity index is 1.38. The number of anilines is 2. The SMILES string of the molecule is C[C@@H]1C=CC[C@H]2C(=O)N(c3ccc(C(=O)OCC(=O)Nc4ccccc4)cc3)C(=O)[C@H]12. The number of nitrogens with zero attached hydrogens (tertiary/aromatic N) is 1. The molecule has 1 heterocycles. The highest BCUT2D eigenvalue weighted by molar-refractivity contribution is 6.22. The van der Waals surface area contributed by atoms with Gasteiger partial charge in [0, 0.05) is 5.69 Å². The number of fused-ring (bicyclic) bond motifs is 1. The molecule has 158 valence electrons. The molecule has 4 rings (SSSR count). The average molecular weight is 418 g/mol. The smallest absolute Gasteiger partial charge is 0.338 e. The molecule has 0 unspecified atom stereocenters. The van der Waals surface area contributed by atoms with Gasteiger partial charge in [0.15, 0.2) is 6.61 Å². The molecule has 3 atom stereocenters. The summed E-state index contributed by atoms with van der Waals surface area (Å²) < 4.78 is 5.05. The number of nitrogens with one attached hydrogen (secondary N) is 1. The van der Waals surface area contributed by atoms with E-state index < -0.39 is 18.5 Å². The molecule has 1 aliphatic carbocycles. The number of para-hydroxylation sites is 1. The van der Waals surface area contributed by atoms with Gasteiger partial charge < -0.3 is 10.1 Å². The standard InChI is InChI=1S/C24H22N2O5/c1-15-6-5-9-19-21(15)23(29)26(22(19)28)18-12-10-16(11-13-18)24(30)31-14-20(27)25-17-7-3-2-4-8-17/h2-8,10-13,15,19,21H,9,14H2,1H3,(H,25,27)/t15-,19-,21-/m1/s1. The number of carbonyl (C=O) groups excluding carboxylic acids is 4. The zero-order chi connectivity index (χ0) is 22.0. The molecule has 0 aromatic heterocycles. The van der Waals surface area contributed by atoms with Crippen LogP contribution in [0.1, 0.15) is 23.7 Å². The Labute approximate surface area is 179 Å². The van der Waals surface area contributed by atoms with Crippen LogP contribution in [0.3, 0.4) is 0 Å². The fraction of sp³-hybridized carbons (Fsp3) is 0.250. The van der Waals surface area contributed by atoms with Crippen molar-refractivity contribution in [3.05, 3.63) is 72.3 Å². The third-order valence-electron chi connectivity index (χ3n) is 5.63. The largest absolute Gasteiger partial charge is 0.452 e. The van der Waals surface area contributed by atoms with Crippen LogP contribution in [0.25, 0.3) is 0 Å². The van der Waals surface area contributed by atoms with Crippen LogP contribution in [0.4, 0.5) is 11.4 Å². The number of hydrogen-bond donors (Lipinski definition) is 1. The van der Waals surface area contributed by atoms with Crippen molar-refractivity contribution in [1.82, 2.24) is 0 Å². The van der Waals surface area contributed by atoms with Gasteiger partial charge in [-0.2, -0.15) is 0 Å². The average Bonchev–Trinajstić information content (AvgIpc) is 3.04. The number of allylic oxidation sites excluding steroid dienone is 2. The predicted octanol–water partition coefficient (Wildman–Crippen LogP) is 3.18. The van der Waals surface area contributed by atoms with Crippen LogP contribution < -0.4 is 10.2 Å². The highest BCUT2D eigenvalue weighted by atomic mass is 16.5. The lowest BCUT2D eigenvalue weighted by Crippen LogP contribution is -2.31. The van der Waals surface area contributed by atoms with Crippen LogP contribution in [-0.2, 0) is 19.1 Å². The van der Waals surface area contributed by atoms with Crippen LogP contribution in [0.2, 0.25) is 0 Å². The summed E-state index contributed by atoms with van der Waals surface area (Å²) >= 11 is 0. The van der Waals surface area contributed by atoms with E-state index in [0.29, 0.717) is 17.8 Å². The summed E-state index contributed by atoms with van der Waals surface area (Å²) in [7, 11) is 0. The molecule has 1 fully saturated rings. The topological polar surface area (TPSA) is 92.8 Å². The van der Waals surface area contributed by atoms with Crippen LogP contribution in [0, 0.1) is 17.8 Å². The van der Waals surface area contributed by atoms with E-state index in [1.54, 1.807) is 36.4 Å². The Morgan fingerprint density at radius 1 is 1.03 bits per heavy atom. The Kier molecular flexibility index (Phi) is 5.66. The number of amides is 3. The molecule has 2 aliphatic rings. The minimum absolute atomic E-state index is 0.0106. The van der Waals surface area contributed by atoms with Crippen LogP contribution in [-0.4, -0.2) is 30.3 Å². The van der Waals surface area contributed by atoms with Crippen molar-refractivity contribution in [1.29, 1.82) is 0 Å². The highest BCUT2D eigenvalue weighted by Gasteiger charge is 2.50. The molecule has 7 nitrogen and oxygen atoms in total. The number of rotatable bonds is 5. The molecule has 1 aliphatic heterocycles. The fourth-order valence-electron chi connectivity index (χ4n) is 4.08. The fourth-order valence-corrected chi connectivity index (χ4v) is 4.08. The van der Waals surface area contributed by atoms with Gasteiger partial charge in [-0.05, 0) is 48.7 Å². The molecule has 0 spiro atoms. The lowest BCUT2D eigenvalue weighted by molar-refractivity contribution is -0.123. The molecular weight excluding hydrogens is 396 g/mol. The first kappa shape index (κ1) is 20.5. The number of carbonyl (C=O) groups is 4. The van der Waals surface area contributed by atoms with Crippen molar-refractivity contribution in [3.63, 3.8) is 0 Å². The first-order valence-corrected chi connectivity index (χ1v) is 10.1. The molecule has 1 saturated heterocycles. The van der Waals surface area contributed by atoms with Crippen molar-refractivity contribution in [2.75, 3.05) is 16.8 Å². The van der Waals surface area contributed by atoms with Crippen molar-refractivity contribution < 1.29 is 23.9 Å². The Bertz CT molecular complexity index is 1050. The zero-order valence-corrected chi connectivity index (χ0v) is 17.0. The van der Waals surface area contributed by atoms with E-state index in [1.165, 1.54) is 17.0 Å². The lowest BCUT2D eigenvalue weighted by Gasteiger charge is -2.22. The zero-order valence-electron chi connectivity index (χ0n) is 17.0. The second-order valence-corrected chi connectivity index (χ2v) is 7.70. The summed E-state index contributed by atoms with van der Waals surface area (Å²) in [6.45, 7) is 1.52. The Morgan fingerprint density at radius 2 is 1.74 bits per heavy atom. The van der Waals surface area contributed by atoms with E-state index in [9.17, 15) is 19.2 Å². The molecule has 1 N–H and O–H groups in total. The highest BCUT2D eigenvalue weighted by Crippen LogP contribution is 2.40. The van der Waals surface area contributed by atoms with Crippen molar-refractivity contribution in [3.8, 4) is 0 Å². The quantitative estimate of drug-likeness (QED) is 0.457. The van der Waals surface area contributed by atoms with E-state index in [4.69, 9.17) is 4.74 Å². The molecule has 7 heteroatoms. The van der Waals surface area contributed by atoms with Gasteiger partial charge in [0.1, 0.15) is 0 Å². The second-order valence-electron chi connectivity index (χ2n) is 7.70. The third kappa shape index (κ3) is 4.12. The van der Waals surface area contributed by atoms with E-state index in [-0.39, 0.29) is 35.1 Å². The molecule has 2 aromatic carbocycles. The van der Waals surface area contributed by atoms with Gasteiger partial charge in [-0.15, -0.1) is 0 Å². The molecule has 0 saturated carbocycles. The van der Waals surface area contributed by atoms with Gasteiger partial charge in [-0.25, -0.2) is 4.79 Å². The molecule has 2 aromatic rings. The maximum Gasteiger partial charge on any atom is 0.338 e. The van der Waals surface area contributed by atoms with E-state index in [0.717, 1.165) is 0 Å². The van der Waals surface area contributed by atoms with E-state index in [1.807, 2.05) is 25.1 Å². The summed E-state index contributed by atoms with van der Waals surface area (Å²) in [5, 5.41) is 2.63. The number of ether oxygens (including phenoxy) is 1. The van der Waals surface area contributed by atoms with Gasteiger partial charge in [-0.1, -0.05) is 37.3 Å². The van der Waals surface area contributed by atoms with Gasteiger partial charge >= 0.3 is 5.97 Å². The van der Waals surface area contributed by atoms with Crippen molar-refractivity contribution >= 4 is 35.1 Å². The van der Waals surface area contributed by atoms with Gasteiger partial charge in [0.05, 0.1) is 23.1 Å². The summed E-state index contributed by atoms with van der Waals surface area (Å²) in [6.07, 6.45) is 4.49. The molecular formula is C24H22N2O5. The van der Waals surface area contributed by atoms with Gasteiger partial charge in [0.25, 0.3) is 5.91 Å². The van der Waals surface area contributed by atoms with Crippen molar-refractivity contribution in [2.45, 2.75) is 13.3 Å². The normalized spacial score (nSPS) is 22.2. The summed E-state index contributed by atoms with van der Waals surface area (Å²) in [5.41, 5.74) is 1.26. The number of imide groups is 1. The molecule has 0 bridgehead atoms.